The molecule has 1 aliphatic rings. The van der Waals surface area contributed by atoms with E-state index in [-0.39, 0.29) is 0 Å². The van der Waals surface area contributed by atoms with Gasteiger partial charge in [-0.3, -0.25) is 0 Å². The van der Waals surface area contributed by atoms with Gasteiger partial charge in [0.05, 0.1) is 23.5 Å². The van der Waals surface area contributed by atoms with Crippen LogP contribution in [0.5, 0.6) is 0 Å². The van der Waals surface area contributed by atoms with Crippen molar-refractivity contribution in [3.05, 3.63) is 48.5 Å². The summed E-state index contributed by atoms with van der Waals surface area (Å²) < 4.78 is 0. The van der Waals surface area contributed by atoms with Gasteiger partial charge in [-0.05, 0) is 72.3 Å². The Kier molecular flexibility index (Phi) is 11.8. The molecule has 3 rings (SSSR count). The van der Waals surface area contributed by atoms with Gasteiger partial charge in [-0.2, -0.15) is 0 Å². The third-order valence-corrected chi connectivity index (χ3v) is 9.38. The molecule has 0 N–H and O–H groups in total. The highest BCUT2D eigenvalue weighted by Gasteiger charge is 2.10. The molecule has 0 amide bonds. The first-order valence-corrected chi connectivity index (χ1v) is 15.6. The maximum atomic E-state index is 4.53. The number of thioether (sulfide) groups is 4. The minimum atomic E-state index is 1.04. The number of rotatable bonds is 2. The summed E-state index contributed by atoms with van der Waals surface area (Å²) in [6.45, 7) is 0. The molecular weight excluding hydrogens is 485 g/mol. The Morgan fingerprint density at radius 2 is 0.933 bits per heavy atom. The second-order valence-corrected chi connectivity index (χ2v) is 12.3. The van der Waals surface area contributed by atoms with Crippen molar-refractivity contribution in [3.63, 3.8) is 0 Å². The van der Waals surface area contributed by atoms with Gasteiger partial charge in [-0.25, -0.2) is 0 Å². The first-order valence-electron chi connectivity index (χ1n) is 10.1. The highest BCUT2D eigenvalue weighted by atomic mass is 32.2. The third kappa shape index (κ3) is 8.94. The predicted octanol–water partition coefficient (Wildman–Crippen LogP) is 7.13. The molecule has 2 aromatic carbocycles. The molecule has 2 nitrogen and oxygen atoms in total. The summed E-state index contributed by atoms with van der Waals surface area (Å²) in [5, 5.41) is 0. The monoisotopic (exact) mass is 514 g/mol. The Bertz CT molecular complexity index is 680. The van der Waals surface area contributed by atoms with Crippen molar-refractivity contribution in [1.29, 1.82) is 0 Å². The van der Waals surface area contributed by atoms with Crippen LogP contribution in [0.4, 0.5) is 11.4 Å². The SMILES string of the molecule is Sc1cccc(N2CSCCCSCN(c3cccc(S)c3)CSCCCSC2)c1. The highest BCUT2D eigenvalue weighted by molar-refractivity contribution is 8.01. The normalized spacial score (nSPS) is 18.3. The summed E-state index contributed by atoms with van der Waals surface area (Å²) in [7, 11) is 0. The Morgan fingerprint density at radius 3 is 1.27 bits per heavy atom. The first-order chi connectivity index (χ1) is 14.7. The van der Waals surface area contributed by atoms with Crippen LogP contribution in [-0.2, 0) is 0 Å². The molecule has 0 radical (unpaired) electrons. The summed E-state index contributed by atoms with van der Waals surface area (Å²) >= 11 is 17.2. The van der Waals surface area contributed by atoms with Gasteiger partial charge in [0.1, 0.15) is 0 Å². The van der Waals surface area contributed by atoms with E-state index in [1.54, 1.807) is 0 Å². The van der Waals surface area contributed by atoms with E-state index in [1.807, 2.05) is 59.2 Å². The van der Waals surface area contributed by atoms with Crippen LogP contribution in [0.3, 0.4) is 0 Å². The van der Waals surface area contributed by atoms with Gasteiger partial charge in [0, 0.05) is 21.2 Å². The maximum Gasteiger partial charge on any atom is 0.0648 e. The smallest absolute Gasteiger partial charge is 0.0648 e. The van der Waals surface area contributed by atoms with Crippen LogP contribution in [0.1, 0.15) is 12.8 Å². The standard InChI is InChI=1S/C22H30N2S6/c25-21-7-1-5-19(13-21)23-15-27-9-3-11-29-17-24(18-30-12-4-10-28-16-23)20-6-2-8-22(26)14-20/h1-2,5-8,13-14,25-26H,3-4,9-12,15-18H2. The van der Waals surface area contributed by atoms with Gasteiger partial charge in [0.25, 0.3) is 0 Å². The van der Waals surface area contributed by atoms with Crippen molar-refractivity contribution in [1.82, 2.24) is 0 Å². The van der Waals surface area contributed by atoms with Crippen LogP contribution in [0.2, 0.25) is 0 Å². The molecule has 1 aliphatic heterocycles. The number of benzene rings is 2. The van der Waals surface area contributed by atoms with E-state index in [2.05, 4.69) is 71.5 Å². The fraction of sp³-hybridized carbons (Fsp3) is 0.455. The molecule has 0 unspecified atom stereocenters. The third-order valence-electron chi connectivity index (χ3n) is 4.53. The van der Waals surface area contributed by atoms with E-state index in [9.17, 15) is 0 Å². The minimum absolute atomic E-state index is 1.04. The largest absolute Gasteiger partial charge is 0.353 e. The summed E-state index contributed by atoms with van der Waals surface area (Å²) in [5.41, 5.74) is 2.57. The number of nitrogens with zero attached hydrogens (tertiary/aromatic N) is 2. The molecule has 8 heteroatoms. The van der Waals surface area contributed by atoms with E-state index in [1.165, 1.54) is 47.2 Å². The summed E-state index contributed by atoms with van der Waals surface area (Å²) in [5.74, 6) is 9.00. The van der Waals surface area contributed by atoms with E-state index in [0.717, 1.165) is 33.3 Å². The zero-order chi connectivity index (χ0) is 21.0. The first kappa shape index (κ1) is 24.8. The van der Waals surface area contributed by atoms with Crippen LogP contribution in [0.25, 0.3) is 0 Å². The van der Waals surface area contributed by atoms with Crippen LogP contribution in [-0.4, -0.2) is 46.5 Å². The molecule has 1 heterocycles. The van der Waals surface area contributed by atoms with Gasteiger partial charge in [0.15, 0.2) is 0 Å². The topological polar surface area (TPSA) is 6.48 Å². The second kappa shape index (κ2) is 14.3. The number of hydrogen-bond donors (Lipinski definition) is 2. The van der Waals surface area contributed by atoms with Gasteiger partial charge >= 0.3 is 0 Å². The Labute approximate surface area is 209 Å². The zero-order valence-electron chi connectivity index (χ0n) is 17.1. The maximum absolute atomic E-state index is 4.53. The molecule has 0 bridgehead atoms. The van der Waals surface area contributed by atoms with Gasteiger partial charge < -0.3 is 9.80 Å². The van der Waals surface area contributed by atoms with E-state index in [0.29, 0.717) is 0 Å². The average Bonchev–Trinajstić information content (AvgIpc) is 2.74. The molecule has 0 aliphatic carbocycles. The summed E-state index contributed by atoms with van der Waals surface area (Å²) in [4.78, 5) is 7.06. The van der Waals surface area contributed by atoms with E-state index < -0.39 is 0 Å². The Hall–Kier alpha value is 0.140. The van der Waals surface area contributed by atoms with Crippen molar-refractivity contribution in [3.8, 4) is 0 Å². The van der Waals surface area contributed by atoms with Gasteiger partial charge in [0.2, 0.25) is 0 Å². The minimum Gasteiger partial charge on any atom is -0.353 e. The average molecular weight is 515 g/mol. The quantitative estimate of drug-likeness (QED) is 0.408. The fourth-order valence-electron chi connectivity index (χ4n) is 2.98. The van der Waals surface area contributed by atoms with Crippen molar-refractivity contribution in [2.24, 2.45) is 0 Å². The molecular formula is C22H30N2S6. The summed E-state index contributed by atoms with van der Waals surface area (Å²) in [6, 6.07) is 17.1. The number of hydrogen-bond acceptors (Lipinski definition) is 8. The molecule has 0 aromatic heterocycles. The lowest BCUT2D eigenvalue weighted by Crippen LogP contribution is -2.23. The Balaban J connectivity index is 1.54. The number of anilines is 2. The Morgan fingerprint density at radius 1 is 0.567 bits per heavy atom. The lowest BCUT2D eigenvalue weighted by molar-refractivity contribution is 1.03. The molecule has 0 spiro atoms. The molecule has 0 saturated carbocycles. The molecule has 30 heavy (non-hydrogen) atoms. The van der Waals surface area contributed by atoms with Crippen LogP contribution >= 0.6 is 72.3 Å². The molecule has 1 saturated heterocycles. The lowest BCUT2D eigenvalue weighted by atomic mass is 10.3. The molecule has 0 atom stereocenters. The predicted molar refractivity (Wildman–Crippen MR) is 151 cm³/mol. The van der Waals surface area contributed by atoms with E-state index in [4.69, 9.17) is 0 Å². The molecule has 1 fully saturated rings. The van der Waals surface area contributed by atoms with Crippen molar-refractivity contribution >= 4 is 83.7 Å². The van der Waals surface area contributed by atoms with Crippen LogP contribution in [0, 0.1) is 0 Å². The second-order valence-electron chi connectivity index (χ2n) is 6.98. The molecule has 2 aromatic rings. The van der Waals surface area contributed by atoms with Crippen molar-refractivity contribution in [2.45, 2.75) is 22.6 Å². The van der Waals surface area contributed by atoms with Crippen molar-refractivity contribution < 1.29 is 0 Å². The van der Waals surface area contributed by atoms with Crippen LogP contribution < -0.4 is 9.80 Å². The summed E-state index contributed by atoms with van der Waals surface area (Å²) in [6.07, 6.45) is 2.49. The van der Waals surface area contributed by atoms with Crippen molar-refractivity contribution in [2.75, 3.05) is 56.3 Å². The highest BCUT2D eigenvalue weighted by Crippen LogP contribution is 2.26. The van der Waals surface area contributed by atoms with Crippen LogP contribution in [0.15, 0.2) is 58.3 Å². The zero-order valence-corrected chi connectivity index (χ0v) is 22.2. The van der Waals surface area contributed by atoms with Gasteiger partial charge in [-0.15, -0.1) is 72.3 Å². The van der Waals surface area contributed by atoms with E-state index >= 15 is 0 Å². The lowest BCUT2D eigenvalue weighted by Gasteiger charge is -2.26. The van der Waals surface area contributed by atoms with Gasteiger partial charge in [-0.1, -0.05) is 12.1 Å². The fourth-order valence-corrected chi connectivity index (χ4v) is 7.76. The molecule has 164 valence electrons. The number of thiol groups is 2.